The van der Waals surface area contributed by atoms with Gasteiger partial charge in [-0.1, -0.05) is 6.07 Å². The van der Waals surface area contributed by atoms with Crippen LogP contribution >= 0.6 is 0 Å². The van der Waals surface area contributed by atoms with Crippen LogP contribution in [0.3, 0.4) is 0 Å². The molecule has 1 aromatic heterocycles. The van der Waals surface area contributed by atoms with Crippen LogP contribution in [0, 0.1) is 0 Å². The zero-order chi connectivity index (χ0) is 15.4. The van der Waals surface area contributed by atoms with Crippen LogP contribution in [0.2, 0.25) is 0 Å². The van der Waals surface area contributed by atoms with Crippen LogP contribution < -0.4 is 11.1 Å². The average molecular weight is 287 g/mol. The average Bonchev–Trinajstić information content (AvgIpc) is 2.45. The summed E-state index contributed by atoms with van der Waals surface area (Å²) < 4.78 is 0. The van der Waals surface area contributed by atoms with Crippen LogP contribution in [0.15, 0.2) is 36.5 Å². The molecule has 108 valence electrons. The third kappa shape index (κ3) is 3.53. The normalized spacial score (nSPS) is 11.8. The summed E-state index contributed by atoms with van der Waals surface area (Å²) in [5.41, 5.74) is 5.96. The topological polar surface area (TPSA) is 122 Å². The largest absolute Gasteiger partial charge is 0.480 e. The molecule has 0 spiro atoms. The smallest absolute Gasteiger partial charge is 0.326 e. The molecule has 21 heavy (non-hydrogen) atoms. The summed E-state index contributed by atoms with van der Waals surface area (Å²) in [7, 11) is 0. The Morgan fingerprint density at radius 3 is 2.71 bits per heavy atom. The first-order chi connectivity index (χ1) is 9.97. The van der Waals surface area contributed by atoms with E-state index in [2.05, 4.69) is 10.3 Å². The number of primary amides is 1. The van der Waals surface area contributed by atoms with Gasteiger partial charge in [-0.3, -0.25) is 14.6 Å². The van der Waals surface area contributed by atoms with Crippen molar-refractivity contribution in [1.29, 1.82) is 0 Å². The van der Waals surface area contributed by atoms with Gasteiger partial charge in [-0.25, -0.2) is 4.79 Å². The maximum Gasteiger partial charge on any atom is 0.326 e. The lowest BCUT2D eigenvalue weighted by Gasteiger charge is -2.13. The van der Waals surface area contributed by atoms with Crippen LogP contribution in [0.5, 0.6) is 0 Å². The number of carbonyl (C=O) groups is 3. The van der Waals surface area contributed by atoms with Crippen molar-refractivity contribution in [3.05, 3.63) is 42.1 Å². The number of hydrogen-bond donors (Lipinski definition) is 3. The van der Waals surface area contributed by atoms with Gasteiger partial charge < -0.3 is 16.2 Å². The second kappa shape index (κ2) is 6.00. The first-order valence-corrected chi connectivity index (χ1v) is 6.14. The van der Waals surface area contributed by atoms with Gasteiger partial charge in [0, 0.05) is 17.1 Å². The summed E-state index contributed by atoms with van der Waals surface area (Å²) in [6.45, 7) is 0. The molecular weight excluding hydrogens is 274 g/mol. The highest BCUT2D eigenvalue weighted by molar-refractivity contribution is 6.00. The van der Waals surface area contributed by atoms with Crippen molar-refractivity contribution in [3.63, 3.8) is 0 Å². The molecule has 0 saturated heterocycles. The number of benzene rings is 1. The van der Waals surface area contributed by atoms with Crippen molar-refractivity contribution in [2.45, 2.75) is 12.5 Å². The molecule has 0 unspecified atom stereocenters. The minimum Gasteiger partial charge on any atom is -0.480 e. The van der Waals surface area contributed by atoms with Gasteiger partial charge >= 0.3 is 5.97 Å². The van der Waals surface area contributed by atoms with Crippen LogP contribution in [-0.2, 0) is 9.59 Å². The maximum absolute atomic E-state index is 12.0. The fraction of sp³-hybridized carbons (Fsp3) is 0.143. The summed E-state index contributed by atoms with van der Waals surface area (Å²) >= 11 is 0. The number of amides is 2. The number of nitrogens with one attached hydrogen (secondary N) is 1. The van der Waals surface area contributed by atoms with Crippen LogP contribution in [-0.4, -0.2) is 33.9 Å². The number of hydrogen-bond acceptors (Lipinski definition) is 4. The fourth-order valence-electron chi connectivity index (χ4n) is 1.86. The van der Waals surface area contributed by atoms with E-state index in [1.165, 1.54) is 6.07 Å². The van der Waals surface area contributed by atoms with Crippen LogP contribution in [0.25, 0.3) is 10.9 Å². The van der Waals surface area contributed by atoms with Gasteiger partial charge in [-0.2, -0.15) is 0 Å². The van der Waals surface area contributed by atoms with Crippen molar-refractivity contribution in [3.8, 4) is 0 Å². The Morgan fingerprint density at radius 1 is 1.29 bits per heavy atom. The summed E-state index contributed by atoms with van der Waals surface area (Å²) in [5, 5.41) is 12.0. The predicted molar refractivity (Wildman–Crippen MR) is 74.4 cm³/mol. The maximum atomic E-state index is 12.0. The van der Waals surface area contributed by atoms with E-state index in [9.17, 15) is 14.4 Å². The van der Waals surface area contributed by atoms with E-state index in [1.807, 2.05) is 0 Å². The summed E-state index contributed by atoms with van der Waals surface area (Å²) in [6, 6.07) is 6.97. The SMILES string of the molecule is NC(=O)C[C@@H](NC(=O)c1ccc2ncccc2c1)C(=O)O. The molecule has 4 N–H and O–H groups in total. The number of aromatic nitrogens is 1. The fourth-order valence-corrected chi connectivity index (χ4v) is 1.86. The molecule has 0 fully saturated rings. The molecule has 0 saturated carbocycles. The minimum atomic E-state index is -1.35. The van der Waals surface area contributed by atoms with Crippen molar-refractivity contribution < 1.29 is 19.5 Å². The number of nitrogens with two attached hydrogens (primary N) is 1. The van der Waals surface area contributed by atoms with E-state index >= 15 is 0 Å². The standard InChI is InChI=1S/C14H13N3O4/c15-12(18)7-11(14(20)21)17-13(19)9-3-4-10-8(6-9)2-1-5-16-10/h1-6,11H,7H2,(H2,15,18)(H,17,19)(H,20,21)/t11-/m1/s1. The van der Waals surface area contributed by atoms with E-state index < -0.39 is 30.2 Å². The number of rotatable bonds is 5. The van der Waals surface area contributed by atoms with Crippen LogP contribution in [0.4, 0.5) is 0 Å². The second-order valence-electron chi connectivity index (χ2n) is 4.45. The predicted octanol–water partition coefficient (Wildman–Crippen LogP) is 0.293. The molecule has 2 rings (SSSR count). The number of carbonyl (C=O) groups excluding carboxylic acids is 2. The zero-order valence-corrected chi connectivity index (χ0v) is 10.9. The van der Waals surface area contributed by atoms with E-state index in [0.717, 1.165) is 10.9 Å². The van der Waals surface area contributed by atoms with Gasteiger partial charge in [-0.15, -0.1) is 0 Å². The Kier molecular flexibility index (Phi) is 4.13. The highest BCUT2D eigenvalue weighted by atomic mass is 16.4. The lowest BCUT2D eigenvalue weighted by molar-refractivity contribution is -0.140. The molecule has 7 heteroatoms. The Balaban J connectivity index is 2.20. The molecule has 1 atom stereocenters. The van der Waals surface area contributed by atoms with Crippen molar-refractivity contribution in [1.82, 2.24) is 10.3 Å². The molecule has 2 aromatic rings. The van der Waals surface area contributed by atoms with Gasteiger partial charge in [0.2, 0.25) is 5.91 Å². The molecule has 0 radical (unpaired) electrons. The van der Waals surface area contributed by atoms with Gasteiger partial charge in [0.15, 0.2) is 0 Å². The van der Waals surface area contributed by atoms with Crippen molar-refractivity contribution in [2.75, 3.05) is 0 Å². The molecule has 7 nitrogen and oxygen atoms in total. The number of fused-ring (bicyclic) bond motifs is 1. The summed E-state index contributed by atoms with van der Waals surface area (Å²) in [6.07, 6.45) is 1.17. The molecule has 1 aromatic carbocycles. The molecule has 0 aliphatic heterocycles. The molecule has 0 aliphatic carbocycles. The minimum absolute atomic E-state index is 0.284. The van der Waals surface area contributed by atoms with E-state index in [0.29, 0.717) is 0 Å². The van der Waals surface area contributed by atoms with E-state index in [1.54, 1.807) is 30.5 Å². The van der Waals surface area contributed by atoms with Crippen molar-refractivity contribution in [2.24, 2.45) is 5.73 Å². The van der Waals surface area contributed by atoms with E-state index in [-0.39, 0.29) is 5.56 Å². The van der Waals surface area contributed by atoms with Gasteiger partial charge in [-0.05, 0) is 24.3 Å². The molecule has 0 bridgehead atoms. The number of carboxylic acids is 1. The van der Waals surface area contributed by atoms with Crippen LogP contribution in [0.1, 0.15) is 16.8 Å². The zero-order valence-electron chi connectivity index (χ0n) is 10.9. The molecule has 1 heterocycles. The third-order valence-corrected chi connectivity index (χ3v) is 2.87. The second-order valence-corrected chi connectivity index (χ2v) is 4.45. The number of pyridine rings is 1. The Morgan fingerprint density at radius 2 is 2.05 bits per heavy atom. The lowest BCUT2D eigenvalue weighted by Crippen LogP contribution is -2.43. The number of aliphatic carboxylic acids is 1. The molecular formula is C14H13N3O4. The van der Waals surface area contributed by atoms with E-state index in [4.69, 9.17) is 10.8 Å². The summed E-state index contributed by atoms with van der Waals surface area (Å²) in [4.78, 5) is 37.9. The third-order valence-electron chi connectivity index (χ3n) is 2.87. The summed E-state index contributed by atoms with van der Waals surface area (Å²) in [5.74, 6) is -2.70. The Hall–Kier alpha value is -2.96. The highest BCUT2D eigenvalue weighted by Crippen LogP contribution is 2.13. The quantitative estimate of drug-likeness (QED) is 0.729. The first kappa shape index (κ1) is 14.4. The van der Waals surface area contributed by atoms with Gasteiger partial charge in [0.1, 0.15) is 6.04 Å². The Bertz CT molecular complexity index is 714. The monoisotopic (exact) mass is 287 g/mol. The highest BCUT2D eigenvalue weighted by Gasteiger charge is 2.22. The number of nitrogens with zero attached hydrogens (tertiary/aromatic N) is 1. The number of carboxylic acid groups (broad SMARTS) is 1. The molecule has 2 amide bonds. The Labute approximate surface area is 119 Å². The van der Waals surface area contributed by atoms with Crippen molar-refractivity contribution >= 4 is 28.7 Å². The van der Waals surface area contributed by atoms with Gasteiger partial charge in [0.05, 0.1) is 11.9 Å². The first-order valence-electron chi connectivity index (χ1n) is 6.14. The lowest BCUT2D eigenvalue weighted by atomic mass is 10.1. The molecule has 0 aliphatic rings. The van der Waals surface area contributed by atoms with Gasteiger partial charge in [0.25, 0.3) is 5.91 Å².